The molecular formula is C26H21N3S. The minimum atomic E-state index is 0.587. The maximum atomic E-state index is 9.68. The monoisotopic (exact) mass is 407 g/mol. The number of unbranched alkanes of at least 4 members (excludes halogenated alkanes) is 1. The van der Waals surface area contributed by atoms with E-state index in [9.17, 15) is 5.26 Å². The molecule has 0 fully saturated rings. The Labute approximate surface area is 181 Å². The molecule has 0 unspecified atom stereocenters. The fourth-order valence-corrected chi connectivity index (χ4v) is 4.71. The van der Waals surface area contributed by atoms with Gasteiger partial charge in [0.15, 0.2) is 0 Å². The van der Waals surface area contributed by atoms with Crippen molar-refractivity contribution in [2.45, 2.75) is 29.6 Å². The highest BCUT2D eigenvalue weighted by molar-refractivity contribution is 7.99. The third kappa shape index (κ3) is 3.96. The lowest BCUT2D eigenvalue weighted by Gasteiger charge is -2.33. The first-order chi connectivity index (χ1) is 14.7. The summed E-state index contributed by atoms with van der Waals surface area (Å²) in [5.74, 6) is 0. The predicted octanol–water partition coefficient (Wildman–Crippen LogP) is 7.03. The molecule has 1 heterocycles. The van der Waals surface area contributed by atoms with Gasteiger partial charge in [0, 0.05) is 16.3 Å². The van der Waals surface area contributed by atoms with Crippen LogP contribution in [0.25, 0.3) is 11.6 Å². The lowest BCUT2D eigenvalue weighted by Crippen LogP contribution is -2.21. The Morgan fingerprint density at radius 1 is 0.967 bits per heavy atom. The standard InChI is InChI=1S/C26H21N3S/c1-2-3-14-29-23-6-4-5-7-25(23)30-26-16-20(10-13-24(26)29)15-22(18-28)21-11-8-19(17-27)9-12-21/h4-13,15-16H,2-3,14H2,1H3/b22-15+. The lowest BCUT2D eigenvalue weighted by atomic mass is 10.0. The van der Waals surface area contributed by atoms with Crippen LogP contribution in [0.5, 0.6) is 0 Å². The van der Waals surface area contributed by atoms with Gasteiger partial charge in [-0.05, 0) is 60.0 Å². The van der Waals surface area contributed by atoms with Crippen LogP contribution in [0.15, 0.2) is 76.5 Å². The number of para-hydroxylation sites is 1. The van der Waals surface area contributed by atoms with Crippen LogP contribution in [0, 0.1) is 22.7 Å². The molecule has 0 atom stereocenters. The highest BCUT2D eigenvalue weighted by Gasteiger charge is 2.22. The molecule has 3 aromatic rings. The normalized spacial score (nSPS) is 12.5. The van der Waals surface area contributed by atoms with E-state index in [1.165, 1.54) is 21.2 Å². The largest absolute Gasteiger partial charge is 0.340 e. The topological polar surface area (TPSA) is 50.8 Å². The van der Waals surface area contributed by atoms with E-state index in [1.807, 2.05) is 18.2 Å². The Morgan fingerprint density at radius 3 is 2.47 bits per heavy atom. The molecule has 0 aliphatic carbocycles. The number of rotatable bonds is 5. The number of allylic oxidation sites excluding steroid dienone is 1. The van der Waals surface area contributed by atoms with Crippen LogP contribution in [-0.2, 0) is 0 Å². The summed E-state index contributed by atoms with van der Waals surface area (Å²) >= 11 is 1.78. The molecule has 30 heavy (non-hydrogen) atoms. The molecule has 4 rings (SSSR count). The van der Waals surface area contributed by atoms with Gasteiger partial charge < -0.3 is 4.90 Å². The van der Waals surface area contributed by atoms with Crippen molar-refractivity contribution in [3.05, 3.63) is 83.4 Å². The highest BCUT2D eigenvalue weighted by Crippen LogP contribution is 2.48. The molecule has 0 N–H and O–H groups in total. The fraction of sp³-hybridized carbons (Fsp3) is 0.154. The quantitative estimate of drug-likeness (QED) is 0.337. The lowest BCUT2D eigenvalue weighted by molar-refractivity contribution is 0.777. The number of nitriles is 2. The van der Waals surface area contributed by atoms with Gasteiger partial charge in [-0.15, -0.1) is 0 Å². The molecule has 0 amide bonds. The fourth-order valence-electron chi connectivity index (χ4n) is 3.57. The molecule has 0 saturated carbocycles. The maximum Gasteiger partial charge on any atom is 0.0998 e. The average molecular weight is 408 g/mol. The zero-order valence-electron chi connectivity index (χ0n) is 16.8. The first-order valence-corrected chi connectivity index (χ1v) is 10.9. The third-order valence-electron chi connectivity index (χ3n) is 5.14. The average Bonchev–Trinajstić information content (AvgIpc) is 2.80. The summed E-state index contributed by atoms with van der Waals surface area (Å²) < 4.78 is 0. The first kappa shape index (κ1) is 19.8. The Bertz CT molecular complexity index is 1180. The van der Waals surface area contributed by atoms with Gasteiger partial charge in [0.25, 0.3) is 0 Å². The summed E-state index contributed by atoms with van der Waals surface area (Å²) in [6.07, 6.45) is 4.20. The van der Waals surface area contributed by atoms with Gasteiger partial charge >= 0.3 is 0 Å². The Hall–Kier alpha value is -3.47. The SMILES string of the molecule is CCCCN1c2ccccc2Sc2cc(/C=C(\C#N)c3ccc(C#N)cc3)ccc21. The van der Waals surface area contributed by atoms with E-state index in [-0.39, 0.29) is 0 Å². The molecule has 4 heteroatoms. The number of anilines is 2. The molecule has 0 aromatic heterocycles. The first-order valence-electron chi connectivity index (χ1n) is 10.0. The van der Waals surface area contributed by atoms with Crippen LogP contribution in [0.1, 0.15) is 36.5 Å². The second kappa shape index (κ2) is 8.91. The van der Waals surface area contributed by atoms with Crippen LogP contribution in [0.4, 0.5) is 11.4 Å². The molecule has 3 nitrogen and oxygen atoms in total. The van der Waals surface area contributed by atoms with E-state index in [0.717, 1.165) is 30.5 Å². The molecule has 0 saturated heterocycles. The zero-order valence-corrected chi connectivity index (χ0v) is 17.6. The Kier molecular flexibility index (Phi) is 5.89. The van der Waals surface area contributed by atoms with E-state index in [2.05, 4.69) is 66.4 Å². The van der Waals surface area contributed by atoms with Crippen molar-refractivity contribution in [3.63, 3.8) is 0 Å². The number of nitrogens with zero attached hydrogens (tertiary/aromatic N) is 3. The van der Waals surface area contributed by atoms with Crippen LogP contribution in [-0.4, -0.2) is 6.54 Å². The van der Waals surface area contributed by atoms with E-state index in [1.54, 1.807) is 23.9 Å². The van der Waals surface area contributed by atoms with Crippen molar-refractivity contribution in [3.8, 4) is 12.1 Å². The van der Waals surface area contributed by atoms with E-state index >= 15 is 0 Å². The van der Waals surface area contributed by atoms with Gasteiger partial charge in [0.2, 0.25) is 0 Å². The van der Waals surface area contributed by atoms with Gasteiger partial charge in [0.05, 0.1) is 34.6 Å². The molecule has 1 aliphatic rings. The second-order valence-electron chi connectivity index (χ2n) is 7.16. The van der Waals surface area contributed by atoms with Crippen LogP contribution >= 0.6 is 11.8 Å². The molecule has 3 aromatic carbocycles. The second-order valence-corrected chi connectivity index (χ2v) is 8.24. The van der Waals surface area contributed by atoms with Gasteiger partial charge in [-0.3, -0.25) is 0 Å². The number of benzene rings is 3. The predicted molar refractivity (Wildman–Crippen MR) is 124 cm³/mol. The van der Waals surface area contributed by atoms with Gasteiger partial charge in [-0.2, -0.15) is 10.5 Å². The van der Waals surface area contributed by atoms with Crippen molar-refractivity contribution in [2.24, 2.45) is 0 Å². The molecule has 146 valence electrons. The molecule has 0 bridgehead atoms. The Morgan fingerprint density at radius 2 is 1.73 bits per heavy atom. The maximum absolute atomic E-state index is 9.68. The molecule has 0 spiro atoms. The van der Waals surface area contributed by atoms with Crippen LogP contribution in [0.3, 0.4) is 0 Å². The summed E-state index contributed by atoms with van der Waals surface area (Å²) in [6.45, 7) is 3.21. The van der Waals surface area contributed by atoms with Gasteiger partial charge in [0.1, 0.15) is 0 Å². The third-order valence-corrected chi connectivity index (χ3v) is 6.25. The van der Waals surface area contributed by atoms with E-state index in [0.29, 0.717) is 11.1 Å². The van der Waals surface area contributed by atoms with Gasteiger partial charge in [-0.25, -0.2) is 0 Å². The van der Waals surface area contributed by atoms with Crippen molar-refractivity contribution in [2.75, 3.05) is 11.4 Å². The minimum Gasteiger partial charge on any atom is -0.340 e. The van der Waals surface area contributed by atoms with Gasteiger partial charge in [-0.1, -0.05) is 55.4 Å². The summed E-state index contributed by atoms with van der Waals surface area (Å²) in [5.41, 5.74) is 5.48. The highest BCUT2D eigenvalue weighted by atomic mass is 32.2. The molecule has 1 aliphatic heterocycles. The van der Waals surface area contributed by atoms with E-state index < -0.39 is 0 Å². The summed E-state index contributed by atoms with van der Waals surface area (Å²) in [5, 5.41) is 18.7. The number of hydrogen-bond acceptors (Lipinski definition) is 4. The summed E-state index contributed by atoms with van der Waals surface area (Å²) in [7, 11) is 0. The van der Waals surface area contributed by atoms with Crippen LogP contribution in [0.2, 0.25) is 0 Å². The zero-order chi connectivity index (χ0) is 20.9. The van der Waals surface area contributed by atoms with Crippen molar-refractivity contribution < 1.29 is 0 Å². The van der Waals surface area contributed by atoms with Crippen molar-refractivity contribution >= 4 is 34.8 Å². The summed E-state index contributed by atoms with van der Waals surface area (Å²) in [6, 6.07) is 26.5. The van der Waals surface area contributed by atoms with Crippen molar-refractivity contribution in [1.82, 2.24) is 0 Å². The van der Waals surface area contributed by atoms with E-state index in [4.69, 9.17) is 5.26 Å². The summed E-state index contributed by atoms with van der Waals surface area (Å²) in [4.78, 5) is 4.87. The molecular weight excluding hydrogens is 386 g/mol. The smallest absolute Gasteiger partial charge is 0.0998 e. The van der Waals surface area contributed by atoms with Crippen LogP contribution < -0.4 is 4.90 Å². The van der Waals surface area contributed by atoms with Crippen molar-refractivity contribution in [1.29, 1.82) is 10.5 Å². The number of hydrogen-bond donors (Lipinski definition) is 0. The number of fused-ring (bicyclic) bond motifs is 2. The Balaban J connectivity index is 1.70. The molecule has 0 radical (unpaired) electrons. The minimum absolute atomic E-state index is 0.587.